The van der Waals surface area contributed by atoms with Crippen LogP contribution in [-0.2, 0) is 9.09 Å². The highest BCUT2D eigenvalue weighted by atomic mass is 31.2. The molecule has 3 N–H and O–H groups in total. The van der Waals surface area contributed by atoms with Gasteiger partial charge in [0.2, 0.25) is 0 Å². The number of anilines is 1. The van der Waals surface area contributed by atoms with Gasteiger partial charge in [0.1, 0.15) is 0 Å². The van der Waals surface area contributed by atoms with Crippen LogP contribution in [0.25, 0.3) is 10.8 Å². The number of hydrogen-bond donors (Lipinski definition) is 3. The van der Waals surface area contributed by atoms with Crippen LogP contribution in [0.5, 0.6) is 0 Å². The predicted octanol–water partition coefficient (Wildman–Crippen LogP) is 5.89. The highest BCUT2D eigenvalue weighted by molar-refractivity contribution is 7.46. The molecule has 0 bridgehead atoms. The molecule has 154 valence electrons. The maximum absolute atomic E-state index is 10.7. The fourth-order valence-corrected chi connectivity index (χ4v) is 3.55. The predicted molar refractivity (Wildman–Crippen MR) is 116 cm³/mol. The lowest BCUT2D eigenvalue weighted by atomic mass is 10.0. The van der Waals surface area contributed by atoms with Crippen LogP contribution in [-0.4, -0.2) is 22.9 Å². The van der Waals surface area contributed by atoms with E-state index in [1.54, 1.807) is 0 Å². The van der Waals surface area contributed by atoms with Crippen LogP contribution in [0.2, 0.25) is 0 Å². The van der Waals surface area contributed by atoms with Crippen LogP contribution in [0.3, 0.4) is 0 Å². The van der Waals surface area contributed by atoms with Gasteiger partial charge in [-0.2, -0.15) is 0 Å². The molecule has 0 spiro atoms. The van der Waals surface area contributed by atoms with Gasteiger partial charge in [0.25, 0.3) is 0 Å². The van der Waals surface area contributed by atoms with Crippen molar-refractivity contribution < 1.29 is 18.9 Å². The van der Waals surface area contributed by atoms with Crippen molar-refractivity contribution in [3.8, 4) is 0 Å². The summed E-state index contributed by atoms with van der Waals surface area (Å²) in [5, 5.41) is 6.06. The Kier molecular flexibility index (Phi) is 9.20. The maximum Gasteiger partial charge on any atom is 0.469 e. The first-order chi connectivity index (χ1) is 13.3. The van der Waals surface area contributed by atoms with E-state index in [4.69, 9.17) is 9.79 Å². The van der Waals surface area contributed by atoms with Crippen molar-refractivity contribution >= 4 is 24.3 Å². The second-order valence-corrected chi connectivity index (χ2v) is 8.64. The van der Waals surface area contributed by atoms with E-state index in [2.05, 4.69) is 72.2 Å². The van der Waals surface area contributed by atoms with Crippen LogP contribution in [0.4, 0.5) is 5.69 Å². The summed E-state index contributed by atoms with van der Waals surface area (Å²) >= 11 is 0. The Morgan fingerprint density at radius 1 is 1.18 bits per heavy atom. The minimum Gasteiger partial charge on any atom is -0.385 e. The Bertz CT molecular complexity index is 810. The topological polar surface area (TPSA) is 78.8 Å². The van der Waals surface area contributed by atoms with Gasteiger partial charge in [-0.1, -0.05) is 55.0 Å². The van der Waals surface area contributed by atoms with Gasteiger partial charge in [-0.25, -0.2) is 4.57 Å². The van der Waals surface area contributed by atoms with Gasteiger partial charge in [-0.3, -0.25) is 4.52 Å². The molecule has 0 fully saturated rings. The summed E-state index contributed by atoms with van der Waals surface area (Å²) in [5.41, 5.74) is 2.57. The van der Waals surface area contributed by atoms with Crippen LogP contribution in [0.1, 0.15) is 46.0 Å². The number of benzene rings is 2. The summed E-state index contributed by atoms with van der Waals surface area (Å²) in [7, 11) is -4.33. The first-order valence-electron chi connectivity index (χ1n) is 9.92. The van der Waals surface area contributed by atoms with Gasteiger partial charge in [0.05, 0.1) is 6.61 Å². The highest BCUT2D eigenvalue weighted by Crippen LogP contribution is 2.36. The molecule has 2 aromatic rings. The quantitative estimate of drug-likeness (QED) is 0.233. The zero-order valence-electron chi connectivity index (χ0n) is 16.8. The van der Waals surface area contributed by atoms with E-state index in [1.165, 1.54) is 22.0 Å². The number of phosphoric acid groups is 1. The molecule has 5 nitrogen and oxygen atoms in total. The Morgan fingerprint density at radius 3 is 2.71 bits per heavy atom. The van der Waals surface area contributed by atoms with Gasteiger partial charge >= 0.3 is 7.82 Å². The summed E-state index contributed by atoms with van der Waals surface area (Å²) in [6, 6.07) is 14.8. The molecule has 0 aliphatic carbocycles. The molecule has 0 saturated heterocycles. The minimum atomic E-state index is -4.33. The van der Waals surface area contributed by atoms with Crippen LogP contribution >= 0.6 is 7.82 Å². The molecule has 0 aliphatic heterocycles. The van der Waals surface area contributed by atoms with Crippen LogP contribution < -0.4 is 5.32 Å². The van der Waals surface area contributed by atoms with E-state index >= 15 is 0 Å². The second kappa shape index (κ2) is 11.4. The van der Waals surface area contributed by atoms with Gasteiger partial charge in [0, 0.05) is 17.6 Å². The van der Waals surface area contributed by atoms with Crippen molar-refractivity contribution in [1.29, 1.82) is 0 Å². The smallest absolute Gasteiger partial charge is 0.385 e. The third-order valence-corrected chi connectivity index (χ3v) is 5.39. The summed E-state index contributed by atoms with van der Waals surface area (Å²) in [5.74, 6) is 0.378. The molecule has 28 heavy (non-hydrogen) atoms. The third kappa shape index (κ3) is 8.57. The second-order valence-electron chi connectivity index (χ2n) is 7.40. The normalized spacial score (nSPS) is 13.6. The van der Waals surface area contributed by atoms with Crippen molar-refractivity contribution in [3.63, 3.8) is 0 Å². The molecule has 0 radical (unpaired) electrons. The number of hydrogen-bond acceptors (Lipinski definition) is 3. The molecule has 0 aromatic heterocycles. The van der Waals surface area contributed by atoms with Crippen molar-refractivity contribution in [2.24, 2.45) is 5.92 Å². The fraction of sp³-hybridized carbons (Fsp3) is 0.455. The number of rotatable bonds is 12. The number of allylic oxidation sites excluding steroid dienone is 2. The average molecular weight is 405 g/mol. The lowest BCUT2D eigenvalue weighted by molar-refractivity contribution is 0.185. The lowest BCUT2D eigenvalue weighted by Gasteiger charge is -2.11. The van der Waals surface area contributed by atoms with E-state index in [1.807, 2.05) is 0 Å². The lowest BCUT2D eigenvalue weighted by Crippen LogP contribution is -2.02. The van der Waals surface area contributed by atoms with Gasteiger partial charge in [0.15, 0.2) is 0 Å². The van der Waals surface area contributed by atoms with Crippen molar-refractivity contribution in [3.05, 3.63) is 54.1 Å². The molecule has 0 amide bonds. The Morgan fingerprint density at radius 2 is 1.93 bits per heavy atom. The number of nitrogens with one attached hydrogen (secondary N) is 1. The molecule has 1 unspecified atom stereocenters. The molecule has 0 aliphatic rings. The summed E-state index contributed by atoms with van der Waals surface area (Å²) in [6.45, 7) is 5.29. The SMILES string of the molecule is C/C(=C/CCC(C)CCOP(=O)(O)O)CCCNc1cccc2ccccc12. The first kappa shape index (κ1) is 22.6. The molecule has 2 aromatic carbocycles. The van der Waals surface area contributed by atoms with E-state index in [0.717, 1.165) is 32.2 Å². The number of fused-ring (bicyclic) bond motifs is 1. The van der Waals surface area contributed by atoms with E-state index < -0.39 is 7.82 Å². The van der Waals surface area contributed by atoms with E-state index in [9.17, 15) is 4.57 Å². The summed E-state index contributed by atoms with van der Waals surface area (Å²) in [6.07, 6.45) is 7.06. The molecule has 0 saturated carbocycles. The van der Waals surface area contributed by atoms with Crippen LogP contribution in [0, 0.1) is 5.92 Å². The third-order valence-electron chi connectivity index (χ3n) is 4.88. The highest BCUT2D eigenvalue weighted by Gasteiger charge is 2.13. The zero-order chi connectivity index (χ0) is 20.4. The largest absolute Gasteiger partial charge is 0.469 e. The standard InChI is InChI=1S/C22H32NO4P/c1-18(8-5-9-19(2)15-17-27-28(24,25)26)10-7-16-23-22-14-6-12-20-11-3-4-13-21(20)22/h3-4,6,8,11-14,19,23H,5,7,9-10,15-17H2,1-2H3,(H2,24,25,26)/b18-8-. The first-order valence-corrected chi connectivity index (χ1v) is 11.5. The minimum absolute atomic E-state index is 0.105. The summed E-state index contributed by atoms with van der Waals surface area (Å²) < 4.78 is 15.2. The molecule has 2 rings (SSSR count). The fourth-order valence-electron chi connectivity index (χ4n) is 3.20. The van der Waals surface area contributed by atoms with Crippen molar-refractivity contribution in [2.75, 3.05) is 18.5 Å². The van der Waals surface area contributed by atoms with Gasteiger partial charge in [-0.15, -0.1) is 0 Å². The maximum atomic E-state index is 10.7. The Balaban J connectivity index is 1.64. The summed E-state index contributed by atoms with van der Waals surface area (Å²) in [4.78, 5) is 17.4. The van der Waals surface area contributed by atoms with E-state index in [0.29, 0.717) is 12.3 Å². The van der Waals surface area contributed by atoms with Gasteiger partial charge < -0.3 is 15.1 Å². The van der Waals surface area contributed by atoms with Gasteiger partial charge in [-0.05, 0) is 56.4 Å². The molecule has 6 heteroatoms. The Hall–Kier alpha value is -1.65. The zero-order valence-corrected chi connectivity index (χ0v) is 17.7. The average Bonchev–Trinajstić information content (AvgIpc) is 2.64. The molecule has 1 atom stereocenters. The Labute approximate surface area is 168 Å². The monoisotopic (exact) mass is 405 g/mol. The van der Waals surface area contributed by atoms with Crippen molar-refractivity contribution in [1.82, 2.24) is 0 Å². The molecular formula is C22H32NO4P. The van der Waals surface area contributed by atoms with Crippen LogP contribution in [0.15, 0.2) is 54.1 Å². The number of phosphoric ester groups is 1. The molecular weight excluding hydrogens is 373 g/mol. The molecule has 0 heterocycles. The van der Waals surface area contributed by atoms with E-state index in [-0.39, 0.29) is 6.61 Å². The van der Waals surface area contributed by atoms with Crippen molar-refractivity contribution in [2.45, 2.75) is 46.0 Å².